The third kappa shape index (κ3) is 3.20. The van der Waals surface area contributed by atoms with Crippen molar-refractivity contribution in [3.05, 3.63) is 50.3 Å². The predicted octanol–water partition coefficient (Wildman–Crippen LogP) is 2.92. The highest BCUT2D eigenvalue weighted by Gasteiger charge is 2.09. The standard InChI is InChI=1S/C12H13ClIN3/c1-17-7-8(6-16-17)4-12(15)9-2-3-11(14)10(13)5-9/h2-3,5-7,12H,4,15H2,1H3. The predicted molar refractivity (Wildman–Crippen MR) is 78.0 cm³/mol. The van der Waals surface area contributed by atoms with Crippen molar-refractivity contribution in [2.45, 2.75) is 12.5 Å². The van der Waals surface area contributed by atoms with Crippen molar-refractivity contribution in [2.24, 2.45) is 12.8 Å². The lowest BCUT2D eigenvalue weighted by Crippen LogP contribution is -2.13. The van der Waals surface area contributed by atoms with Gasteiger partial charge in [0.15, 0.2) is 0 Å². The van der Waals surface area contributed by atoms with Gasteiger partial charge < -0.3 is 5.73 Å². The van der Waals surface area contributed by atoms with E-state index in [4.69, 9.17) is 17.3 Å². The Morgan fingerprint density at radius 3 is 2.88 bits per heavy atom. The molecule has 1 aromatic carbocycles. The molecule has 0 saturated heterocycles. The van der Waals surface area contributed by atoms with Gasteiger partial charge in [0.05, 0.1) is 11.2 Å². The monoisotopic (exact) mass is 361 g/mol. The molecule has 2 N–H and O–H groups in total. The SMILES string of the molecule is Cn1cc(CC(N)c2ccc(I)c(Cl)c2)cn1. The minimum absolute atomic E-state index is 0.0475. The fourth-order valence-electron chi connectivity index (χ4n) is 1.69. The van der Waals surface area contributed by atoms with E-state index < -0.39 is 0 Å². The molecule has 0 aliphatic carbocycles. The summed E-state index contributed by atoms with van der Waals surface area (Å²) >= 11 is 8.29. The number of nitrogens with zero attached hydrogens (tertiary/aromatic N) is 2. The number of nitrogens with two attached hydrogens (primary N) is 1. The summed E-state index contributed by atoms with van der Waals surface area (Å²) in [4.78, 5) is 0. The minimum Gasteiger partial charge on any atom is -0.324 e. The number of hydrogen-bond donors (Lipinski definition) is 1. The van der Waals surface area contributed by atoms with E-state index in [1.54, 1.807) is 4.68 Å². The van der Waals surface area contributed by atoms with Crippen molar-refractivity contribution in [1.29, 1.82) is 0 Å². The summed E-state index contributed by atoms with van der Waals surface area (Å²) in [6, 6.07) is 5.90. The van der Waals surface area contributed by atoms with E-state index in [0.29, 0.717) is 0 Å². The normalized spacial score (nSPS) is 12.7. The van der Waals surface area contributed by atoms with Crippen molar-refractivity contribution >= 4 is 34.2 Å². The Morgan fingerprint density at radius 2 is 2.29 bits per heavy atom. The summed E-state index contributed by atoms with van der Waals surface area (Å²) in [6.07, 6.45) is 4.59. The Bertz CT molecular complexity index is 524. The van der Waals surface area contributed by atoms with Crippen LogP contribution in [0.4, 0.5) is 0 Å². The van der Waals surface area contributed by atoms with Gasteiger partial charge >= 0.3 is 0 Å². The van der Waals surface area contributed by atoms with Gasteiger partial charge in [0.25, 0.3) is 0 Å². The highest BCUT2D eigenvalue weighted by atomic mass is 127. The van der Waals surface area contributed by atoms with Crippen LogP contribution in [0.3, 0.4) is 0 Å². The number of halogens is 2. The molecule has 17 heavy (non-hydrogen) atoms. The smallest absolute Gasteiger partial charge is 0.0542 e. The van der Waals surface area contributed by atoms with Crippen LogP contribution in [0.5, 0.6) is 0 Å². The van der Waals surface area contributed by atoms with E-state index in [1.165, 1.54) is 0 Å². The quantitative estimate of drug-likeness (QED) is 0.854. The third-order valence-electron chi connectivity index (χ3n) is 2.59. The maximum Gasteiger partial charge on any atom is 0.0542 e. The van der Waals surface area contributed by atoms with Crippen LogP contribution >= 0.6 is 34.2 Å². The molecular formula is C12H13ClIN3. The second-order valence-electron chi connectivity index (χ2n) is 4.01. The first-order chi connectivity index (χ1) is 8.06. The zero-order valence-electron chi connectivity index (χ0n) is 9.40. The Labute approximate surface area is 119 Å². The molecular weight excluding hydrogens is 349 g/mol. The Balaban J connectivity index is 2.14. The van der Waals surface area contributed by atoms with Gasteiger partial charge in [0.2, 0.25) is 0 Å². The van der Waals surface area contributed by atoms with E-state index in [0.717, 1.165) is 26.1 Å². The molecule has 2 rings (SSSR count). The molecule has 2 aromatic rings. The van der Waals surface area contributed by atoms with Crippen molar-refractivity contribution < 1.29 is 0 Å². The lowest BCUT2D eigenvalue weighted by Gasteiger charge is -2.11. The number of benzene rings is 1. The summed E-state index contributed by atoms with van der Waals surface area (Å²) in [5, 5.41) is 4.88. The molecule has 90 valence electrons. The average molecular weight is 362 g/mol. The third-order valence-corrected chi connectivity index (χ3v) is 4.16. The van der Waals surface area contributed by atoms with Crippen LogP contribution in [0.1, 0.15) is 17.2 Å². The molecule has 3 nitrogen and oxygen atoms in total. The van der Waals surface area contributed by atoms with Gasteiger partial charge in [-0.05, 0) is 52.3 Å². The minimum atomic E-state index is -0.0475. The Kier molecular flexibility index (Phi) is 4.06. The van der Waals surface area contributed by atoms with E-state index >= 15 is 0 Å². The molecule has 1 heterocycles. The van der Waals surface area contributed by atoms with Gasteiger partial charge in [-0.3, -0.25) is 4.68 Å². The molecule has 0 spiro atoms. The van der Waals surface area contributed by atoms with Crippen molar-refractivity contribution in [1.82, 2.24) is 9.78 Å². The van der Waals surface area contributed by atoms with Crippen LogP contribution in [0, 0.1) is 3.57 Å². The van der Waals surface area contributed by atoms with Gasteiger partial charge in [-0.25, -0.2) is 0 Å². The zero-order valence-corrected chi connectivity index (χ0v) is 12.3. The second-order valence-corrected chi connectivity index (χ2v) is 5.58. The van der Waals surface area contributed by atoms with Crippen LogP contribution in [0.15, 0.2) is 30.6 Å². The fourth-order valence-corrected chi connectivity index (χ4v) is 2.22. The van der Waals surface area contributed by atoms with E-state index in [9.17, 15) is 0 Å². The Morgan fingerprint density at radius 1 is 1.53 bits per heavy atom. The molecule has 0 aliphatic rings. The van der Waals surface area contributed by atoms with Gasteiger partial charge in [-0.15, -0.1) is 0 Å². The van der Waals surface area contributed by atoms with E-state index in [2.05, 4.69) is 27.7 Å². The van der Waals surface area contributed by atoms with Crippen molar-refractivity contribution in [3.8, 4) is 0 Å². The van der Waals surface area contributed by atoms with Crippen LogP contribution in [0.25, 0.3) is 0 Å². The average Bonchev–Trinajstić information content (AvgIpc) is 2.68. The van der Waals surface area contributed by atoms with Gasteiger partial charge in [-0.1, -0.05) is 17.7 Å². The molecule has 5 heteroatoms. The van der Waals surface area contributed by atoms with Crippen molar-refractivity contribution in [2.75, 3.05) is 0 Å². The van der Waals surface area contributed by atoms with Crippen LogP contribution in [-0.4, -0.2) is 9.78 Å². The van der Waals surface area contributed by atoms with E-state index in [1.807, 2.05) is 37.6 Å². The highest BCUT2D eigenvalue weighted by molar-refractivity contribution is 14.1. The van der Waals surface area contributed by atoms with Crippen molar-refractivity contribution in [3.63, 3.8) is 0 Å². The van der Waals surface area contributed by atoms with E-state index in [-0.39, 0.29) is 6.04 Å². The summed E-state index contributed by atoms with van der Waals surface area (Å²) in [7, 11) is 1.90. The van der Waals surface area contributed by atoms with Gasteiger partial charge in [-0.2, -0.15) is 5.10 Å². The summed E-state index contributed by atoms with van der Waals surface area (Å²) in [6.45, 7) is 0. The maximum absolute atomic E-state index is 6.16. The summed E-state index contributed by atoms with van der Waals surface area (Å²) in [5.41, 5.74) is 8.35. The number of rotatable bonds is 3. The zero-order chi connectivity index (χ0) is 12.4. The molecule has 0 radical (unpaired) electrons. The first kappa shape index (κ1) is 12.9. The first-order valence-corrected chi connectivity index (χ1v) is 6.70. The maximum atomic E-state index is 6.16. The topological polar surface area (TPSA) is 43.8 Å². The number of hydrogen-bond acceptors (Lipinski definition) is 2. The summed E-state index contributed by atoms with van der Waals surface area (Å²) in [5.74, 6) is 0. The lowest BCUT2D eigenvalue weighted by atomic mass is 10.0. The fraction of sp³-hybridized carbons (Fsp3) is 0.250. The Hall–Kier alpha value is -0.590. The molecule has 0 bridgehead atoms. The largest absolute Gasteiger partial charge is 0.324 e. The number of aromatic nitrogens is 2. The van der Waals surface area contributed by atoms with Gasteiger partial charge in [0.1, 0.15) is 0 Å². The number of aryl methyl sites for hydroxylation is 1. The molecule has 0 fully saturated rings. The molecule has 0 amide bonds. The van der Waals surface area contributed by atoms with Crippen LogP contribution < -0.4 is 5.73 Å². The molecule has 1 aromatic heterocycles. The first-order valence-electron chi connectivity index (χ1n) is 5.24. The summed E-state index contributed by atoms with van der Waals surface area (Å²) < 4.78 is 2.82. The lowest BCUT2D eigenvalue weighted by molar-refractivity contribution is 0.719. The molecule has 1 atom stereocenters. The second kappa shape index (κ2) is 5.37. The van der Waals surface area contributed by atoms with Crippen LogP contribution in [0.2, 0.25) is 5.02 Å². The van der Waals surface area contributed by atoms with Crippen LogP contribution in [-0.2, 0) is 13.5 Å². The molecule has 0 saturated carbocycles. The van der Waals surface area contributed by atoms with Gasteiger partial charge in [0, 0.05) is 22.9 Å². The molecule has 0 aliphatic heterocycles. The molecule has 1 unspecified atom stereocenters. The highest BCUT2D eigenvalue weighted by Crippen LogP contribution is 2.23.